The Morgan fingerprint density at radius 1 is 1.11 bits per heavy atom. The van der Waals surface area contributed by atoms with E-state index < -0.39 is 0 Å². The number of hydrogen-bond acceptors (Lipinski definition) is 4. The minimum absolute atomic E-state index is 0.150. The van der Waals surface area contributed by atoms with E-state index >= 15 is 0 Å². The number of nitrogens with zero attached hydrogens (tertiary/aromatic N) is 1. The van der Waals surface area contributed by atoms with Crippen LogP contribution in [0, 0.1) is 0 Å². The molecule has 0 aliphatic heterocycles. The summed E-state index contributed by atoms with van der Waals surface area (Å²) in [6.45, 7) is 5.49. The fourth-order valence-electron chi connectivity index (χ4n) is 2.83. The molecule has 6 nitrogen and oxygen atoms in total. The van der Waals surface area contributed by atoms with Gasteiger partial charge in [-0.2, -0.15) is 0 Å². The Morgan fingerprint density at radius 2 is 1.89 bits per heavy atom. The number of nitrogens with one attached hydrogen (secondary N) is 2. The van der Waals surface area contributed by atoms with E-state index in [4.69, 9.17) is 9.47 Å². The highest BCUT2D eigenvalue weighted by Crippen LogP contribution is 2.28. The normalized spacial score (nSPS) is 11.1. The number of fused-ring (bicyclic) bond motifs is 1. The number of amides is 1. The minimum Gasteiger partial charge on any atom is -0.490 e. The van der Waals surface area contributed by atoms with Crippen molar-refractivity contribution in [3.63, 3.8) is 0 Å². The van der Waals surface area contributed by atoms with Crippen molar-refractivity contribution in [3.05, 3.63) is 59.9 Å². The molecule has 0 radical (unpaired) electrons. The van der Waals surface area contributed by atoms with Gasteiger partial charge in [0, 0.05) is 19.0 Å². The molecule has 0 fully saturated rings. The molecule has 1 amide bonds. The molecule has 2 N–H and O–H groups in total. The summed E-state index contributed by atoms with van der Waals surface area (Å²) in [5, 5.41) is 2.88. The summed E-state index contributed by atoms with van der Waals surface area (Å²) in [6, 6.07) is 13.5. The Labute approximate surface area is 164 Å². The number of ether oxygens (including phenoxy) is 2. The zero-order valence-electron chi connectivity index (χ0n) is 16.2. The van der Waals surface area contributed by atoms with Gasteiger partial charge in [0.25, 0.3) is 0 Å². The Balaban J connectivity index is 1.53. The van der Waals surface area contributed by atoms with Crippen LogP contribution in [0.3, 0.4) is 0 Å². The molecule has 3 rings (SSSR count). The predicted octanol–water partition coefficient (Wildman–Crippen LogP) is 3.73. The van der Waals surface area contributed by atoms with E-state index in [1.165, 1.54) is 6.08 Å². The highest BCUT2D eigenvalue weighted by atomic mass is 16.5. The largest absolute Gasteiger partial charge is 0.490 e. The van der Waals surface area contributed by atoms with Crippen molar-refractivity contribution in [1.29, 1.82) is 0 Å². The molecule has 0 saturated carbocycles. The van der Waals surface area contributed by atoms with Crippen LogP contribution in [0.2, 0.25) is 0 Å². The summed E-state index contributed by atoms with van der Waals surface area (Å²) in [4.78, 5) is 19.8. The minimum atomic E-state index is -0.150. The van der Waals surface area contributed by atoms with Gasteiger partial charge in [0.1, 0.15) is 5.82 Å². The van der Waals surface area contributed by atoms with Gasteiger partial charge < -0.3 is 19.8 Å². The molecule has 28 heavy (non-hydrogen) atoms. The molecule has 0 spiro atoms. The number of rotatable bonds is 9. The maximum atomic E-state index is 12.1. The maximum absolute atomic E-state index is 12.1. The molecule has 0 atom stereocenters. The summed E-state index contributed by atoms with van der Waals surface area (Å²) in [7, 11) is 0. The van der Waals surface area contributed by atoms with Crippen molar-refractivity contribution in [2.45, 2.75) is 20.3 Å². The van der Waals surface area contributed by atoms with Gasteiger partial charge in [-0.3, -0.25) is 4.79 Å². The van der Waals surface area contributed by atoms with Crippen LogP contribution in [-0.2, 0) is 11.2 Å². The van der Waals surface area contributed by atoms with E-state index in [2.05, 4.69) is 15.3 Å². The van der Waals surface area contributed by atoms with Crippen LogP contribution < -0.4 is 14.8 Å². The second-order valence-electron chi connectivity index (χ2n) is 6.15. The monoisotopic (exact) mass is 379 g/mol. The molecule has 6 heteroatoms. The molecule has 0 saturated heterocycles. The average molecular weight is 379 g/mol. The maximum Gasteiger partial charge on any atom is 0.244 e. The molecular weight excluding hydrogens is 354 g/mol. The van der Waals surface area contributed by atoms with Gasteiger partial charge in [-0.15, -0.1) is 0 Å². The van der Waals surface area contributed by atoms with Crippen molar-refractivity contribution in [1.82, 2.24) is 15.3 Å². The van der Waals surface area contributed by atoms with E-state index in [1.54, 1.807) is 6.08 Å². The number of imidazole rings is 1. The molecular formula is C22H25N3O3. The molecule has 3 aromatic rings. The van der Waals surface area contributed by atoms with Crippen molar-refractivity contribution < 1.29 is 14.3 Å². The van der Waals surface area contributed by atoms with E-state index in [9.17, 15) is 4.79 Å². The Hall–Kier alpha value is -3.28. The van der Waals surface area contributed by atoms with E-state index in [0.29, 0.717) is 37.7 Å². The lowest BCUT2D eigenvalue weighted by Crippen LogP contribution is -2.23. The van der Waals surface area contributed by atoms with Crippen LogP contribution in [0.4, 0.5) is 0 Å². The Morgan fingerprint density at radius 3 is 2.68 bits per heavy atom. The molecule has 2 aromatic carbocycles. The molecule has 0 unspecified atom stereocenters. The average Bonchev–Trinajstić information content (AvgIpc) is 3.11. The van der Waals surface area contributed by atoms with Crippen LogP contribution in [-0.4, -0.2) is 35.6 Å². The zero-order chi connectivity index (χ0) is 19.8. The first-order valence-corrected chi connectivity index (χ1v) is 9.48. The lowest BCUT2D eigenvalue weighted by molar-refractivity contribution is -0.116. The fraction of sp³-hybridized carbons (Fsp3) is 0.273. The summed E-state index contributed by atoms with van der Waals surface area (Å²) in [5.74, 6) is 2.09. The molecule has 0 aliphatic rings. The highest BCUT2D eigenvalue weighted by Gasteiger charge is 2.06. The first-order chi connectivity index (χ1) is 13.7. The summed E-state index contributed by atoms with van der Waals surface area (Å²) < 4.78 is 11.2. The molecule has 1 heterocycles. The van der Waals surface area contributed by atoms with Crippen molar-refractivity contribution in [2.75, 3.05) is 19.8 Å². The number of aromatic amines is 1. The first kappa shape index (κ1) is 19.5. The quantitative estimate of drug-likeness (QED) is 0.556. The van der Waals surface area contributed by atoms with Crippen molar-refractivity contribution in [3.8, 4) is 11.5 Å². The lowest BCUT2D eigenvalue weighted by Gasteiger charge is -2.11. The predicted molar refractivity (Wildman–Crippen MR) is 111 cm³/mol. The number of H-pyrrole nitrogens is 1. The SMILES string of the molecule is CCOc1ccc(/C=C/C(=O)NCCc2nc3ccccc3[nH]2)cc1OCC. The van der Waals surface area contributed by atoms with E-state index in [0.717, 1.165) is 22.4 Å². The van der Waals surface area contributed by atoms with Gasteiger partial charge in [-0.25, -0.2) is 4.98 Å². The number of aromatic nitrogens is 2. The second kappa shape index (κ2) is 9.60. The third kappa shape index (κ3) is 5.13. The van der Waals surface area contributed by atoms with Crippen LogP contribution in [0.25, 0.3) is 17.1 Å². The van der Waals surface area contributed by atoms with Gasteiger partial charge in [0.2, 0.25) is 5.91 Å². The van der Waals surface area contributed by atoms with Gasteiger partial charge >= 0.3 is 0 Å². The van der Waals surface area contributed by atoms with Crippen LogP contribution in [0.5, 0.6) is 11.5 Å². The fourth-order valence-corrected chi connectivity index (χ4v) is 2.83. The topological polar surface area (TPSA) is 76.2 Å². The molecule has 0 bridgehead atoms. The van der Waals surface area contributed by atoms with Crippen LogP contribution >= 0.6 is 0 Å². The van der Waals surface area contributed by atoms with E-state index in [-0.39, 0.29) is 5.91 Å². The number of carbonyl (C=O) groups excluding carboxylic acids is 1. The summed E-state index contributed by atoms with van der Waals surface area (Å²) in [5.41, 5.74) is 2.81. The number of hydrogen-bond donors (Lipinski definition) is 2. The van der Waals surface area contributed by atoms with Crippen molar-refractivity contribution in [2.24, 2.45) is 0 Å². The summed E-state index contributed by atoms with van der Waals surface area (Å²) >= 11 is 0. The number of benzene rings is 2. The molecule has 1 aromatic heterocycles. The van der Waals surface area contributed by atoms with Gasteiger partial charge in [-0.05, 0) is 49.8 Å². The standard InChI is InChI=1S/C22H25N3O3/c1-3-27-19-11-9-16(15-20(19)28-4-2)10-12-22(26)23-14-13-21-24-17-7-5-6-8-18(17)25-21/h5-12,15H,3-4,13-14H2,1-2H3,(H,23,26)(H,24,25)/b12-10+. The Bertz CT molecular complexity index is 930. The van der Waals surface area contributed by atoms with Crippen molar-refractivity contribution >= 4 is 23.0 Å². The number of carbonyl (C=O) groups is 1. The zero-order valence-corrected chi connectivity index (χ0v) is 16.2. The van der Waals surface area contributed by atoms with Gasteiger partial charge in [0.05, 0.1) is 24.2 Å². The lowest BCUT2D eigenvalue weighted by atomic mass is 10.2. The molecule has 0 aliphatic carbocycles. The van der Waals surface area contributed by atoms with Gasteiger partial charge in [0.15, 0.2) is 11.5 Å². The Kier molecular flexibility index (Phi) is 6.68. The van der Waals surface area contributed by atoms with Crippen LogP contribution in [0.1, 0.15) is 25.2 Å². The third-order valence-electron chi connectivity index (χ3n) is 4.09. The first-order valence-electron chi connectivity index (χ1n) is 9.48. The third-order valence-corrected chi connectivity index (χ3v) is 4.09. The summed E-state index contributed by atoms with van der Waals surface area (Å²) in [6.07, 6.45) is 3.92. The molecule has 146 valence electrons. The highest BCUT2D eigenvalue weighted by molar-refractivity contribution is 5.91. The smallest absolute Gasteiger partial charge is 0.244 e. The van der Waals surface area contributed by atoms with E-state index in [1.807, 2.05) is 56.3 Å². The second-order valence-corrected chi connectivity index (χ2v) is 6.15. The van der Waals surface area contributed by atoms with Gasteiger partial charge in [-0.1, -0.05) is 18.2 Å². The van der Waals surface area contributed by atoms with Crippen LogP contribution in [0.15, 0.2) is 48.5 Å². The number of para-hydroxylation sites is 2.